The average molecular weight is 179 g/mol. The van der Waals surface area contributed by atoms with Gasteiger partial charge in [0, 0.05) is 0 Å². The van der Waals surface area contributed by atoms with Crippen molar-refractivity contribution in [2.75, 3.05) is 0 Å². The van der Waals surface area contributed by atoms with Crippen molar-refractivity contribution in [2.24, 2.45) is 5.73 Å². The van der Waals surface area contributed by atoms with Crippen LogP contribution in [0.1, 0.15) is 9.78 Å². The molecule has 0 heterocycles. The van der Waals surface area contributed by atoms with E-state index in [4.69, 9.17) is 10.8 Å². The monoisotopic (exact) mass is 179 g/mol. The van der Waals surface area contributed by atoms with Gasteiger partial charge in [-0.1, -0.05) is 0 Å². The van der Waals surface area contributed by atoms with Crippen molar-refractivity contribution < 1.29 is 12.8 Å². The molecule has 7 heavy (non-hydrogen) atoms. The van der Waals surface area contributed by atoms with Crippen LogP contribution in [-0.2, 0) is 4.79 Å². The summed E-state index contributed by atoms with van der Waals surface area (Å²) in [4.78, 5) is 9.57. The third-order valence-corrected chi connectivity index (χ3v) is 0.390. The van der Waals surface area contributed by atoms with Gasteiger partial charge < -0.3 is 13.7 Å². The molecule has 0 aromatic rings. The standard InChI is InChI=1S/C3H7NO2.Sr.2H/c1-2(4)3(5)6;;;/h2H,4H2,1H3,(H,5,6);;;/q;+2;2*-1. The van der Waals surface area contributed by atoms with Crippen LogP contribution in [0.5, 0.6) is 0 Å². The molecule has 0 aliphatic heterocycles. The fourth-order valence-corrected chi connectivity index (χ4v) is 0. The first-order chi connectivity index (χ1) is 2.64. The molecule has 1 unspecified atom stereocenters. The number of nitrogens with two attached hydrogens (primary N) is 1. The first-order valence-corrected chi connectivity index (χ1v) is 1.63. The molecule has 0 aliphatic rings. The van der Waals surface area contributed by atoms with E-state index in [9.17, 15) is 4.79 Å². The molecule has 3 nitrogen and oxygen atoms in total. The van der Waals surface area contributed by atoms with Gasteiger partial charge in [-0.2, -0.15) is 0 Å². The minimum Gasteiger partial charge on any atom is -1.00 e. The van der Waals surface area contributed by atoms with Gasteiger partial charge in [0.1, 0.15) is 6.04 Å². The topological polar surface area (TPSA) is 63.3 Å². The van der Waals surface area contributed by atoms with Crippen LogP contribution in [-0.4, -0.2) is 62.6 Å². The first-order valence-electron chi connectivity index (χ1n) is 1.63. The maximum Gasteiger partial charge on any atom is 2.00 e. The molecule has 4 heteroatoms. The van der Waals surface area contributed by atoms with Gasteiger partial charge in [0.2, 0.25) is 0 Å². The summed E-state index contributed by atoms with van der Waals surface area (Å²) < 4.78 is 0. The zero-order chi connectivity index (χ0) is 5.15. The molecule has 3 N–H and O–H groups in total. The Morgan fingerprint density at radius 3 is 2.14 bits per heavy atom. The number of hydrogen-bond donors (Lipinski definition) is 2. The Labute approximate surface area is 82.1 Å². The van der Waals surface area contributed by atoms with Gasteiger partial charge >= 0.3 is 51.5 Å². The Kier molecular flexibility index (Phi) is 7.81. The Hall–Kier alpha value is 0.911. The predicted molar refractivity (Wildman–Crippen MR) is 29.3 cm³/mol. The zero-order valence-corrected chi connectivity index (χ0v) is 7.69. The second-order valence-corrected chi connectivity index (χ2v) is 1.13. The van der Waals surface area contributed by atoms with Crippen LogP contribution in [0.3, 0.4) is 0 Å². The fraction of sp³-hybridized carbons (Fsp3) is 0.667. The van der Waals surface area contributed by atoms with Gasteiger partial charge in [-0.15, -0.1) is 0 Å². The minimum atomic E-state index is -0.963. The van der Waals surface area contributed by atoms with Crippen molar-refractivity contribution in [3.63, 3.8) is 0 Å². The molecular weight excluding hydrogens is 170 g/mol. The maximum absolute atomic E-state index is 9.57. The van der Waals surface area contributed by atoms with Crippen molar-refractivity contribution in [3.05, 3.63) is 0 Å². The molecule has 0 spiro atoms. The van der Waals surface area contributed by atoms with Crippen LogP contribution in [0.15, 0.2) is 0 Å². The van der Waals surface area contributed by atoms with Gasteiger partial charge in [-0.05, 0) is 6.92 Å². The number of rotatable bonds is 1. The summed E-state index contributed by atoms with van der Waals surface area (Å²) in [5.41, 5.74) is 4.84. The summed E-state index contributed by atoms with van der Waals surface area (Å²) in [6.45, 7) is 1.42. The van der Waals surface area contributed by atoms with E-state index >= 15 is 0 Å². The van der Waals surface area contributed by atoms with Crippen LogP contribution >= 0.6 is 0 Å². The minimum absolute atomic E-state index is 0. The third kappa shape index (κ3) is 6.91. The van der Waals surface area contributed by atoms with Gasteiger partial charge in [0.15, 0.2) is 0 Å². The van der Waals surface area contributed by atoms with Gasteiger partial charge in [0.25, 0.3) is 0 Å². The number of carboxylic acids is 1. The molecule has 0 saturated carbocycles. The fourth-order valence-electron chi connectivity index (χ4n) is 0. The summed E-state index contributed by atoms with van der Waals surface area (Å²) in [6.07, 6.45) is 0. The molecule has 0 aromatic heterocycles. The molecule has 1 atom stereocenters. The number of hydrogen-bond acceptors (Lipinski definition) is 2. The summed E-state index contributed by atoms with van der Waals surface area (Å²) in [7, 11) is 0. The maximum atomic E-state index is 9.57. The van der Waals surface area contributed by atoms with Crippen molar-refractivity contribution in [2.45, 2.75) is 13.0 Å². The van der Waals surface area contributed by atoms with Crippen molar-refractivity contribution >= 4 is 51.5 Å². The average Bonchev–Trinajstić information content (AvgIpc) is 1.36. The Morgan fingerprint density at radius 2 is 2.14 bits per heavy atom. The van der Waals surface area contributed by atoms with E-state index < -0.39 is 12.0 Å². The van der Waals surface area contributed by atoms with Gasteiger partial charge in [-0.25, -0.2) is 0 Å². The van der Waals surface area contributed by atoms with Crippen LogP contribution in [0.4, 0.5) is 0 Å². The largest absolute Gasteiger partial charge is 2.00 e. The molecule has 0 aliphatic carbocycles. The molecule has 0 bridgehead atoms. The molecular formula is C3H9NO2Sr. The molecule has 40 valence electrons. The van der Waals surface area contributed by atoms with Crippen LogP contribution < -0.4 is 5.73 Å². The van der Waals surface area contributed by atoms with E-state index in [1.54, 1.807) is 0 Å². The SMILES string of the molecule is CC(N)C(=O)O.[H-].[H-].[Sr+2]. The third-order valence-electron chi connectivity index (χ3n) is 0.390. The normalized spacial score (nSPS) is 11.7. The van der Waals surface area contributed by atoms with E-state index in [-0.39, 0.29) is 48.3 Å². The van der Waals surface area contributed by atoms with Crippen molar-refractivity contribution in [1.82, 2.24) is 0 Å². The first kappa shape index (κ1) is 10.8. The van der Waals surface area contributed by atoms with Crippen LogP contribution in [0, 0.1) is 0 Å². The molecule has 0 fully saturated rings. The summed E-state index contributed by atoms with van der Waals surface area (Å²) in [5.74, 6) is -0.963. The summed E-state index contributed by atoms with van der Waals surface area (Å²) in [5, 5.41) is 7.87. The van der Waals surface area contributed by atoms with E-state index in [0.717, 1.165) is 0 Å². The molecule has 0 rings (SSSR count). The van der Waals surface area contributed by atoms with Crippen LogP contribution in [0.2, 0.25) is 0 Å². The van der Waals surface area contributed by atoms with E-state index in [2.05, 4.69) is 0 Å². The number of carboxylic acid groups (broad SMARTS) is 1. The molecule has 0 saturated heterocycles. The Morgan fingerprint density at radius 1 is 2.00 bits per heavy atom. The second-order valence-electron chi connectivity index (χ2n) is 1.13. The van der Waals surface area contributed by atoms with Gasteiger partial charge in [0.05, 0.1) is 0 Å². The van der Waals surface area contributed by atoms with Crippen LogP contribution in [0.25, 0.3) is 0 Å². The van der Waals surface area contributed by atoms with E-state index in [1.807, 2.05) is 0 Å². The van der Waals surface area contributed by atoms with Crippen molar-refractivity contribution in [1.29, 1.82) is 0 Å². The molecule has 0 radical (unpaired) electrons. The molecule has 0 aromatic carbocycles. The van der Waals surface area contributed by atoms with Crippen molar-refractivity contribution in [3.8, 4) is 0 Å². The number of aliphatic carboxylic acids is 1. The van der Waals surface area contributed by atoms with E-state index in [0.29, 0.717) is 0 Å². The Balaban J connectivity index is -0.0000000417. The smallest absolute Gasteiger partial charge is 1.00 e. The quantitative estimate of drug-likeness (QED) is 0.521. The Bertz CT molecular complexity index is 70.8. The summed E-state index contributed by atoms with van der Waals surface area (Å²) in [6, 6.07) is -0.731. The second kappa shape index (κ2) is 5.06. The van der Waals surface area contributed by atoms with E-state index in [1.165, 1.54) is 6.92 Å². The zero-order valence-electron chi connectivity index (χ0n) is 6.22. The predicted octanol–water partition coefficient (Wildman–Crippen LogP) is -0.738. The molecule has 0 amide bonds. The number of carbonyl (C=O) groups is 1. The summed E-state index contributed by atoms with van der Waals surface area (Å²) >= 11 is 0. The van der Waals surface area contributed by atoms with Gasteiger partial charge in [-0.3, -0.25) is 4.79 Å².